The second-order valence-corrected chi connectivity index (χ2v) is 6.40. The van der Waals surface area contributed by atoms with Crippen LogP contribution in [0.15, 0.2) is 0 Å². The molecule has 88 valence electrons. The summed E-state index contributed by atoms with van der Waals surface area (Å²) in [5.41, 5.74) is 7.02. The average Bonchev–Trinajstić information content (AvgIpc) is 2.52. The number of hydrogen-bond donors (Lipinski definition) is 1. The highest BCUT2D eigenvalue weighted by molar-refractivity contribution is 4.96. The summed E-state index contributed by atoms with van der Waals surface area (Å²) < 4.78 is 5.71. The summed E-state index contributed by atoms with van der Waals surface area (Å²) in [5.74, 6) is 0. The predicted octanol–water partition coefficient (Wildman–Crippen LogP) is 2.85. The molecule has 2 fully saturated rings. The lowest BCUT2D eigenvalue weighted by Gasteiger charge is -2.43. The van der Waals surface area contributed by atoms with Gasteiger partial charge in [0.1, 0.15) is 0 Å². The summed E-state index contributed by atoms with van der Waals surface area (Å²) in [7, 11) is 0. The smallest absolute Gasteiger partial charge is 0.0593 e. The zero-order valence-electron chi connectivity index (χ0n) is 10.2. The first-order chi connectivity index (χ1) is 6.99. The van der Waals surface area contributed by atoms with Crippen LogP contribution in [0.25, 0.3) is 0 Å². The monoisotopic (exact) mass is 211 g/mol. The number of rotatable bonds is 2. The van der Waals surface area contributed by atoms with Gasteiger partial charge >= 0.3 is 0 Å². The van der Waals surface area contributed by atoms with Gasteiger partial charge in [-0.05, 0) is 43.9 Å². The normalized spacial score (nSPS) is 40.6. The first-order valence-electron chi connectivity index (χ1n) is 6.40. The molecule has 1 saturated carbocycles. The third kappa shape index (κ3) is 2.94. The zero-order chi connectivity index (χ0) is 10.9. The Bertz CT molecular complexity index is 221. The van der Waals surface area contributed by atoms with Crippen LogP contribution in [-0.4, -0.2) is 18.2 Å². The van der Waals surface area contributed by atoms with E-state index in [0.29, 0.717) is 11.5 Å². The van der Waals surface area contributed by atoms with Crippen LogP contribution in [0.4, 0.5) is 0 Å². The van der Waals surface area contributed by atoms with E-state index >= 15 is 0 Å². The predicted molar refractivity (Wildman–Crippen MR) is 62.8 cm³/mol. The summed E-state index contributed by atoms with van der Waals surface area (Å²) in [4.78, 5) is 0. The molecule has 0 radical (unpaired) electrons. The molecule has 2 nitrogen and oxygen atoms in total. The molecule has 1 aliphatic carbocycles. The van der Waals surface area contributed by atoms with Crippen LogP contribution in [0, 0.1) is 5.41 Å². The van der Waals surface area contributed by atoms with Crippen LogP contribution in [0.1, 0.15) is 58.8 Å². The average molecular weight is 211 g/mol. The van der Waals surface area contributed by atoms with Gasteiger partial charge in [0.15, 0.2) is 0 Å². The van der Waals surface area contributed by atoms with Crippen LogP contribution >= 0.6 is 0 Å². The lowest BCUT2D eigenvalue weighted by molar-refractivity contribution is 0.0542. The molecule has 0 aromatic carbocycles. The molecule has 0 amide bonds. The maximum atomic E-state index is 6.53. The Morgan fingerprint density at radius 3 is 2.67 bits per heavy atom. The summed E-state index contributed by atoms with van der Waals surface area (Å²) in [6, 6.07) is 0. The topological polar surface area (TPSA) is 35.2 Å². The minimum Gasteiger partial charge on any atom is -0.378 e. The van der Waals surface area contributed by atoms with Gasteiger partial charge in [0.05, 0.1) is 6.10 Å². The van der Waals surface area contributed by atoms with Crippen molar-refractivity contribution in [3.63, 3.8) is 0 Å². The van der Waals surface area contributed by atoms with E-state index in [0.717, 1.165) is 13.0 Å². The van der Waals surface area contributed by atoms with E-state index in [1.807, 2.05) is 0 Å². The quantitative estimate of drug-likeness (QED) is 0.762. The summed E-state index contributed by atoms with van der Waals surface area (Å²) in [6.45, 7) is 5.65. The maximum absolute atomic E-state index is 6.53. The lowest BCUT2D eigenvalue weighted by Crippen LogP contribution is -2.48. The van der Waals surface area contributed by atoms with Crippen molar-refractivity contribution in [1.29, 1.82) is 0 Å². The minimum absolute atomic E-state index is 0.0523. The molecule has 2 atom stereocenters. The molecule has 2 unspecified atom stereocenters. The molecular formula is C13H25NO. The van der Waals surface area contributed by atoms with Crippen molar-refractivity contribution in [2.45, 2.75) is 70.4 Å². The molecular weight excluding hydrogens is 186 g/mol. The third-order valence-corrected chi connectivity index (χ3v) is 4.02. The van der Waals surface area contributed by atoms with Crippen molar-refractivity contribution in [2.75, 3.05) is 6.61 Å². The first kappa shape index (κ1) is 11.4. The Labute approximate surface area is 93.6 Å². The Balaban J connectivity index is 1.93. The Kier molecular flexibility index (Phi) is 3.09. The van der Waals surface area contributed by atoms with Gasteiger partial charge in [-0.15, -0.1) is 0 Å². The lowest BCUT2D eigenvalue weighted by atomic mass is 9.66. The van der Waals surface area contributed by atoms with Crippen molar-refractivity contribution in [3.05, 3.63) is 0 Å². The summed E-state index contributed by atoms with van der Waals surface area (Å²) >= 11 is 0. The molecule has 2 aliphatic rings. The highest BCUT2D eigenvalue weighted by Crippen LogP contribution is 2.42. The Morgan fingerprint density at radius 2 is 2.07 bits per heavy atom. The van der Waals surface area contributed by atoms with Gasteiger partial charge in [0, 0.05) is 12.1 Å². The van der Waals surface area contributed by atoms with E-state index in [-0.39, 0.29) is 5.54 Å². The molecule has 1 aliphatic heterocycles. The fourth-order valence-electron chi connectivity index (χ4n) is 3.48. The van der Waals surface area contributed by atoms with Crippen LogP contribution in [0.2, 0.25) is 0 Å². The second kappa shape index (κ2) is 4.06. The molecule has 0 aromatic rings. The van der Waals surface area contributed by atoms with Gasteiger partial charge in [-0.3, -0.25) is 0 Å². The van der Waals surface area contributed by atoms with Crippen molar-refractivity contribution >= 4 is 0 Å². The van der Waals surface area contributed by atoms with E-state index in [4.69, 9.17) is 10.5 Å². The van der Waals surface area contributed by atoms with Gasteiger partial charge < -0.3 is 10.5 Å². The molecule has 0 aromatic heterocycles. The molecule has 2 rings (SSSR count). The molecule has 2 N–H and O–H groups in total. The van der Waals surface area contributed by atoms with Crippen LogP contribution in [-0.2, 0) is 4.74 Å². The van der Waals surface area contributed by atoms with Gasteiger partial charge in [0.2, 0.25) is 0 Å². The van der Waals surface area contributed by atoms with Crippen LogP contribution < -0.4 is 5.73 Å². The molecule has 0 spiro atoms. The molecule has 15 heavy (non-hydrogen) atoms. The van der Waals surface area contributed by atoms with Gasteiger partial charge in [-0.2, -0.15) is 0 Å². The van der Waals surface area contributed by atoms with Gasteiger partial charge in [0.25, 0.3) is 0 Å². The summed E-state index contributed by atoms with van der Waals surface area (Å²) in [5, 5.41) is 0. The number of nitrogens with two attached hydrogens (primary N) is 1. The van der Waals surface area contributed by atoms with Gasteiger partial charge in [-0.25, -0.2) is 0 Å². The summed E-state index contributed by atoms with van der Waals surface area (Å²) in [6.07, 6.45) is 8.95. The van der Waals surface area contributed by atoms with Crippen LogP contribution in [0.3, 0.4) is 0 Å². The molecule has 2 heteroatoms. The highest BCUT2D eigenvalue weighted by atomic mass is 16.5. The fraction of sp³-hybridized carbons (Fsp3) is 1.00. The fourth-order valence-corrected chi connectivity index (χ4v) is 3.48. The molecule has 1 saturated heterocycles. The zero-order valence-corrected chi connectivity index (χ0v) is 10.2. The SMILES string of the molecule is CC1(C)CCCC(N)(CC2CCCO2)C1. The minimum atomic E-state index is 0.0523. The highest BCUT2D eigenvalue weighted by Gasteiger charge is 2.39. The Hall–Kier alpha value is -0.0800. The van der Waals surface area contributed by atoms with E-state index in [9.17, 15) is 0 Å². The van der Waals surface area contributed by atoms with E-state index in [1.54, 1.807) is 0 Å². The standard InChI is InChI=1S/C13H25NO/c1-12(2)6-4-7-13(14,10-12)9-11-5-3-8-15-11/h11H,3-10,14H2,1-2H3. The largest absolute Gasteiger partial charge is 0.378 e. The van der Waals surface area contributed by atoms with Crippen LogP contribution in [0.5, 0.6) is 0 Å². The van der Waals surface area contributed by atoms with E-state index in [1.165, 1.54) is 38.5 Å². The first-order valence-corrected chi connectivity index (χ1v) is 6.40. The second-order valence-electron chi connectivity index (χ2n) is 6.40. The maximum Gasteiger partial charge on any atom is 0.0593 e. The van der Waals surface area contributed by atoms with Gasteiger partial charge in [-0.1, -0.05) is 20.3 Å². The van der Waals surface area contributed by atoms with Crippen molar-refractivity contribution in [3.8, 4) is 0 Å². The third-order valence-electron chi connectivity index (χ3n) is 4.02. The molecule has 0 bridgehead atoms. The van der Waals surface area contributed by atoms with Crippen molar-refractivity contribution in [1.82, 2.24) is 0 Å². The van der Waals surface area contributed by atoms with E-state index < -0.39 is 0 Å². The van der Waals surface area contributed by atoms with E-state index in [2.05, 4.69) is 13.8 Å². The Morgan fingerprint density at radius 1 is 1.27 bits per heavy atom. The van der Waals surface area contributed by atoms with Crippen molar-refractivity contribution in [2.24, 2.45) is 11.1 Å². The van der Waals surface area contributed by atoms with Crippen molar-refractivity contribution < 1.29 is 4.74 Å². The number of hydrogen-bond acceptors (Lipinski definition) is 2. The molecule has 1 heterocycles. The number of ether oxygens (including phenoxy) is 1.